The van der Waals surface area contributed by atoms with Crippen molar-refractivity contribution in [3.8, 4) is 17.2 Å². The molecule has 0 saturated carbocycles. The summed E-state index contributed by atoms with van der Waals surface area (Å²) in [5, 5.41) is 2.87. The first-order valence-electron chi connectivity index (χ1n) is 9.21. The minimum Gasteiger partial charge on any atom is -0.493 e. The van der Waals surface area contributed by atoms with Gasteiger partial charge in [-0.1, -0.05) is 6.07 Å². The Kier molecular flexibility index (Phi) is 6.38. The summed E-state index contributed by atoms with van der Waals surface area (Å²) < 4.78 is 16.6. The molecule has 1 fully saturated rings. The molecule has 0 aliphatic carbocycles. The van der Waals surface area contributed by atoms with Gasteiger partial charge >= 0.3 is 6.03 Å². The average molecular weight is 400 g/mol. The number of hydrogen-bond acceptors (Lipinski definition) is 6. The maximum atomic E-state index is 12.8. The predicted octanol–water partition coefficient (Wildman–Crippen LogP) is 2.27. The fourth-order valence-corrected chi connectivity index (χ4v) is 3.21. The number of rotatable bonds is 6. The van der Waals surface area contributed by atoms with E-state index in [4.69, 9.17) is 19.9 Å². The summed E-state index contributed by atoms with van der Waals surface area (Å²) in [4.78, 5) is 29.6. The van der Waals surface area contributed by atoms with Gasteiger partial charge in [-0.05, 0) is 31.0 Å². The lowest BCUT2D eigenvalue weighted by Gasteiger charge is -2.33. The van der Waals surface area contributed by atoms with Gasteiger partial charge in [0.25, 0.3) is 5.91 Å². The normalized spacial score (nSPS) is 16.1. The number of nitrogens with one attached hydrogen (secondary N) is 1. The summed E-state index contributed by atoms with van der Waals surface area (Å²) >= 11 is 0. The number of ether oxygens (including phenoxy) is 3. The average Bonchev–Trinajstić information content (AvgIpc) is 2.73. The monoisotopic (exact) mass is 400 g/mol. The van der Waals surface area contributed by atoms with Crippen molar-refractivity contribution in [2.75, 3.05) is 32.6 Å². The van der Waals surface area contributed by atoms with Crippen LogP contribution in [0.5, 0.6) is 17.2 Å². The van der Waals surface area contributed by atoms with Crippen molar-refractivity contribution in [2.45, 2.75) is 18.9 Å². The van der Waals surface area contributed by atoms with Crippen LogP contribution in [0.25, 0.3) is 0 Å². The third-order valence-corrected chi connectivity index (χ3v) is 4.60. The molecule has 29 heavy (non-hydrogen) atoms. The zero-order chi connectivity index (χ0) is 20.8. The molecule has 0 bridgehead atoms. The maximum Gasteiger partial charge on any atom is 0.322 e. The molecule has 3 N–H and O–H groups in total. The first kappa shape index (κ1) is 20.2. The highest BCUT2D eigenvalue weighted by atomic mass is 16.5. The Labute approximate surface area is 168 Å². The number of hydrogen-bond donors (Lipinski definition) is 2. The van der Waals surface area contributed by atoms with Crippen LogP contribution in [0.3, 0.4) is 0 Å². The quantitative estimate of drug-likeness (QED) is 0.768. The van der Waals surface area contributed by atoms with E-state index in [1.54, 1.807) is 36.3 Å². The zero-order valence-corrected chi connectivity index (χ0v) is 16.4. The van der Waals surface area contributed by atoms with E-state index in [1.807, 2.05) is 0 Å². The first-order valence-corrected chi connectivity index (χ1v) is 9.21. The molecule has 9 nitrogen and oxygen atoms in total. The Balaban J connectivity index is 1.66. The number of aromatic nitrogens is 1. The molecule has 1 aliphatic rings. The second-order valence-electron chi connectivity index (χ2n) is 6.54. The van der Waals surface area contributed by atoms with Crippen molar-refractivity contribution in [2.24, 2.45) is 5.73 Å². The highest BCUT2D eigenvalue weighted by Crippen LogP contribution is 2.35. The molecule has 1 atom stereocenters. The van der Waals surface area contributed by atoms with Gasteiger partial charge in [0, 0.05) is 18.8 Å². The molecular formula is C20H24N4O5. The van der Waals surface area contributed by atoms with Crippen molar-refractivity contribution < 1.29 is 23.8 Å². The van der Waals surface area contributed by atoms with Gasteiger partial charge in [0.2, 0.25) is 0 Å². The minimum absolute atomic E-state index is 0.137. The van der Waals surface area contributed by atoms with Gasteiger partial charge < -0.3 is 30.2 Å². The Hall–Kier alpha value is -3.49. The standard InChI is InChI=1S/C20H24N4O5/c1-27-17-7-3-6-15(18(17)28-2)23-20(26)24-10-4-5-14(12-24)29-13-8-9-22-16(11-13)19(21)25/h3,6-9,11,14H,4-5,10,12H2,1-2H3,(H2,21,25)(H,23,26). The van der Waals surface area contributed by atoms with Crippen molar-refractivity contribution in [1.29, 1.82) is 0 Å². The molecule has 0 radical (unpaired) electrons. The van der Waals surface area contributed by atoms with Gasteiger partial charge in [0.15, 0.2) is 11.5 Å². The summed E-state index contributed by atoms with van der Waals surface area (Å²) in [5.41, 5.74) is 5.92. The number of anilines is 1. The van der Waals surface area contributed by atoms with E-state index in [2.05, 4.69) is 10.3 Å². The van der Waals surface area contributed by atoms with E-state index < -0.39 is 5.91 Å². The number of carbonyl (C=O) groups excluding carboxylic acids is 2. The Morgan fingerprint density at radius 1 is 1.24 bits per heavy atom. The number of piperidine rings is 1. The smallest absolute Gasteiger partial charge is 0.322 e. The van der Waals surface area contributed by atoms with Crippen LogP contribution >= 0.6 is 0 Å². The summed E-state index contributed by atoms with van der Waals surface area (Å²) in [6, 6.07) is 8.19. The van der Waals surface area contributed by atoms with E-state index in [-0.39, 0.29) is 17.8 Å². The van der Waals surface area contributed by atoms with Crippen molar-refractivity contribution >= 4 is 17.6 Å². The Bertz CT molecular complexity index is 889. The molecule has 154 valence electrons. The lowest BCUT2D eigenvalue weighted by molar-refractivity contribution is 0.0989. The third-order valence-electron chi connectivity index (χ3n) is 4.60. The van der Waals surface area contributed by atoms with Crippen molar-refractivity contribution in [3.63, 3.8) is 0 Å². The molecule has 1 aromatic heterocycles. The van der Waals surface area contributed by atoms with Crippen molar-refractivity contribution in [3.05, 3.63) is 42.2 Å². The number of urea groups is 1. The molecular weight excluding hydrogens is 376 g/mol. The number of methoxy groups -OCH3 is 2. The second kappa shape index (κ2) is 9.13. The van der Waals surface area contributed by atoms with E-state index >= 15 is 0 Å². The lowest BCUT2D eigenvalue weighted by Crippen LogP contribution is -2.46. The molecule has 3 rings (SSSR count). The number of carbonyl (C=O) groups is 2. The van der Waals surface area contributed by atoms with Gasteiger partial charge in [-0.15, -0.1) is 0 Å². The van der Waals surface area contributed by atoms with E-state index in [9.17, 15) is 9.59 Å². The minimum atomic E-state index is -0.618. The molecule has 2 heterocycles. The van der Waals surface area contributed by atoms with Gasteiger partial charge in [-0.2, -0.15) is 0 Å². The van der Waals surface area contributed by atoms with Gasteiger partial charge in [0.1, 0.15) is 17.5 Å². The lowest BCUT2D eigenvalue weighted by atomic mass is 10.1. The Morgan fingerprint density at radius 2 is 2.07 bits per heavy atom. The van der Waals surface area contributed by atoms with E-state index in [0.717, 1.165) is 12.8 Å². The van der Waals surface area contributed by atoms with Crippen molar-refractivity contribution in [1.82, 2.24) is 9.88 Å². The van der Waals surface area contributed by atoms with Crippen LogP contribution in [-0.4, -0.2) is 55.2 Å². The topological polar surface area (TPSA) is 116 Å². The van der Waals surface area contributed by atoms with Crippen LogP contribution in [0.4, 0.5) is 10.5 Å². The number of nitrogens with zero attached hydrogens (tertiary/aromatic N) is 2. The molecule has 2 aromatic rings. The van der Waals surface area contributed by atoms with Crippen LogP contribution < -0.4 is 25.3 Å². The number of amides is 3. The van der Waals surface area contributed by atoms with Crippen LogP contribution in [-0.2, 0) is 0 Å². The molecule has 3 amide bonds. The first-order chi connectivity index (χ1) is 14.0. The van der Waals surface area contributed by atoms with Crippen LogP contribution in [0.15, 0.2) is 36.5 Å². The molecule has 1 aliphatic heterocycles. The fraction of sp³-hybridized carbons (Fsp3) is 0.350. The van der Waals surface area contributed by atoms with Gasteiger partial charge in [-0.3, -0.25) is 9.78 Å². The number of benzene rings is 1. The fourth-order valence-electron chi connectivity index (χ4n) is 3.21. The number of para-hydroxylation sites is 1. The van der Waals surface area contributed by atoms with Crippen LogP contribution in [0.1, 0.15) is 23.3 Å². The van der Waals surface area contributed by atoms with Crippen LogP contribution in [0.2, 0.25) is 0 Å². The van der Waals surface area contributed by atoms with Gasteiger partial charge in [0.05, 0.1) is 26.5 Å². The molecule has 1 aromatic carbocycles. The Morgan fingerprint density at radius 3 is 2.79 bits per heavy atom. The number of pyridine rings is 1. The number of primary amides is 1. The molecule has 9 heteroatoms. The summed E-state index contributed by atoms with van der Waals surface area (Å²) in [6.07, 6.45) is 2.85. The molecule has 1 unspecified atom stereocenters. The van der Waals surface area contributed by atoms with E-state index in [0.29, 0.717) is 36.0 Å². The number of nitrogens with two attached hydrogens (primary N) is 1. The summed E-state index contributed by atoms with van der Waals surface area (Å²) in [7, 11) is 3.06. The summed E-state index contributed by atoms with van der Waals surface area (Å²) in [6.45, 7) is 1.02. The number of likely N-dealkylation sites (tertiary alicyclic amines) is 1. The van der Waals surface area contributed by atoms with Gasteiger partial charge in [-0.25, -0.2) is 4.79 Å². The molecule has 0 spiro atoms. The highest BCUT2D eigenvalue weighted by molar-refractivity contribution is 5.92. The zero-order valence-electron chi connectivity index (χ0n) is 16.4. The maximum absolute atomic E-state index is 12.8. The van der Waals surface area contributed by atoms with Crippen LogP contribution in [0, 0.1) is 0 Å². The largest absolute Gasteiger partial charge is 0.493 e. The second-order valence-corrected chi connectivity index (χ2v) is 6.54. The van der Waals surface area contributed by atoms with E-state index in [1.165, 1.54) is 19.4 Å². The predicted molar refractivity (Wildman–Crippen MR) is 107 cm³/mol. The third kappa shape index (κ3) is 4.87. The molecule has 1 saturated heterocycles. The summed E-state index contributed by atoms with van der Waals surface area (Å²) in [5.74, 6) is 0.875. The SMILES string of the molecule is COc1cccc(NC(=O)N2CCCC(Oc3ccnc(C(N)=O)c3)C2)c1OC. The highest BCUT2D eigenvalue weighted by Gasteiger charge is 2.26.